The number of aryl methyl sites for hydroxylation is 1. The molecule has 0 spiro atoms. The fraction of sp³-hybridized carbons (Fsp3) is 0.136. The number of hydrogen-bond donors (Lipinski definition) is 1. The van der Waals surface area contributed by atoms with Crippen LogP contribution in [-0.4, -0.2) is 20.5 Å². The van der Waals surface area contributed by atoms with Crippen LogP contribution in [0.1, 0.15) is 33.6 Å². The van der Waals surface area contributed by atoms with Crippen molar-refractivity contribution < 1.29 is 26.7 Å². The van der Waals surface area contributed by atoms with Gasteiger partial charge in [-0.05, 0) is 31.2 Å². The number of nitrogens with one attached hydrogen (secondary N) is 1. The van der Waals surface area contributed by atoms with Gasteiger partial charge in [-0.2, -0.15) is 18.3 Å². The minimum Gasteiger partial charge on any atom is -0.322 e. The maximum absolute atomic E-state index is 13.7. The molecule has 0 atom stereocenters. The number of carbonyl (C=O) groups excluding carboxylic acids is 1. The summed E-state index contributed by atoms with van der Waals surface area (Å²) in [4.78, 5) is 17.1. The van der Waals surface area contributed by atoms with E-state index in [9.17, 15) is 26.7 Å². The molecule has 32 heavy (non-hydrogen) atoms. The van der Waals surface area contributed by atoms with Gasteiger partial charge in [0.15, 0.2) is 5.65 Å². The predicted octanol–water partition coefficient (Wildman–Crippen LogP) is 5.91. The molecular weight excluding hydrogens is 431 g/mol. The number of benzene rings is 2. The monoisotopic (exact) mass is 446 g/mol. The number of halogens is 5. The lowest BCUT2D eigenvalue weighted by atomic mass is 10.1. The minimum absolute atomic E-state index is 0.104. The van der Waals surface area contributed by atoms with E-state index in [0.717, 1.165) is 34.5 Å². The average Bonchev–Trinajstić information content (AvgIpc) is 3.17. The molecule has 2 heterocycles. The Labute approximate surface area is 178 Å². The zero-order valence-corrected chi connectivity index (χ0v) is 16.5. The second kappa shape index (κ2) is 8.03. The Bertz CT molecular complexity index is 1300. The van der Waals surface area contributed by atoms with Crippen LogP contribution in [0, 0.1) is 6.92 Å². The summed E-state index contributed by atoms with van der Waals surface area (Å²) in [7, 11) is 0. The molecule has 164 valence electrons. The average molecular weight is 446 g/mol. The van der Waals surface area contributed by atoms with Crippen LogP contribution in [0.25, 0.3) is 16.9 Å². The Kier molecular flexibility index (Phi) is 5.37. The van der Waals surface area contributed by atoms with Crippen LogP contribution in [0.4, 0.5) is 27.6 Å². The number of carbonyl (C=O) groups is 1. The molecule has 0 radical (unpaired) electrons. The highest BCUT2D eigenvalue weighted by molar-refractivity contribution is 6.08. The van der Waals surface area contributed by atoms with E-state index in [2.05, 4.69) is 15.4 Å². The number of anilines is 1. The van der Waals surface area contributed by atoms with E-state index in [0.29, 0.717) is 5.56 Å². The summed E-state index contributed by atoms with van der Waals surface area (Å²) in [5.74, 6) is -0.826. The van der Waals surface area contributed by atoms with E-state index in [4.69, 9.17) is 0 Å². The van der Waals surface area contributed by atoms with Crippen LogP contribution in [0.2, 0.25) is 0 Å². The van der Waals surface area contributed by atoms with Gasteiger partial charge in [0.2, 0.25) is 0 Å². The minimum atomic E-state index is -4.58. The molecule has 1 N–H and O–H groups in total. The second-order valence-corrected chi connectivity index (χ2v) is 7.06. The first kappa shape index (κ1) is 21.4. The Hall–Kier alpha value is -3.82. The number of fused-ring (bicyclic) bond motifs is 1. The van der Waals surface area contributed by atoms with E-state index < -0.39 is 29.8 Å². The molecule has 1 amide bonds. The Morgan fingerprint density at radius 3 is 2.44 bits per heavy atom. The molecule has 0 bridgehead atoms. The molecule has 0 saturated heterocycles. The normalized spacial score (nSPS) is 11.8. The molecule has 2 aromatic carbocycles. The predicted molar refractivity (Wildman–Crippen MR) is 108 cm³/mol. The lowest BCUT2D eigenvalue weighted by Crippen LogP contribution is -2.14. The largest absolute Gasteiger partial charge is 0.416 e. The molecule has 5 nitrogen and oxygen atoms in total. The molecule has 4 aromatic rings. The van der Waals surface area contributed by atoms with Gasteiger partial charge < -0.3 is 5.32 Å². The quantitative estimate of drug-likeness (QED) is 0.397. The highest BCUT2D eigenvalue weighted by Crippen LogP contribution is 2.31. The molecule has 0 saturated carbocycles. The van der Waals surface area contributed by atoms with Gasteiger partial charge in [-0.25, -0.2) is 18.3 Å². The Morgan fingerprint density at radius 2 is 1.78 bits per heavy atom. The highest BCUT2D eigenvalue weighted by atomic mass is 19.4. The van der Waals surface area contributed by atoms with Crippen molar-refractivity contribution in [1.82, 2.24) is 14.6 Å². The van der Waals surface area contributed by atoms with Crippen molar-refractivity contribution >= 4 is 17.2 Å². The number of hydrogen-bond acceptors (Lipinski definition) is 3. The number of nitrogens with zero attached hydrogens (tertiary/aromatic N) is 3. The van der Waals surface area contributed by atoms with E-state index in [1.807, 2.05) is 6.92 Å². The molecule has 0 fully saturated rings. The van der Waals surface area contributed by atoms with Gasteiger partial charge in [0, 0.05) is 11.3 Å². The Morgan fingerprint density at radius 1 is 1.06 bits per heavy atom. The van der Waals surface area contributed by atoms with E-state index in [1.54, 1.807) is 24.3 Å². The zero-order chi connectivity index (χ0) is 23.0. The van der Waals surface area contributed by atoms with Crippen molar-refractivity contribution in [2.24, 2.45) is 0 Å². The van der Waals surface area contributed by atoms with Crippen molar-refractivity contribution in [1.29, 1.82) is 0 Å². The zero-order valence-electron chi connectivity index (χ0n) is 16.5. The summed E-state index contributed by atoms with van der Waals surface area (Å²) in [6, 6.07) is 12.3. The van der Waals surface area contributed by atoms with Crippen LogP contribution in [0.3, 0.4) is 0 Å². The van der Waals surface area contributed by atoms with Crippen LogP contribution < -0.4 is 5.32 Å². The third kappa shape index (κ3) is 4.16. The van der Waals surface area contributed by atoms with E-state index in [1.165, 1.54) is 12.1 Å². The first-order chi connectivity index (χ1) is 15.1. The number of amides is 1. The molecule has 0 unspecified atom stereocenters. The van der Waals surface area contributed by atoms with Gasteiger partial charge in [0.25, 0.3) is 12.3 Å². The lowest BCUT2D eigenvalue weighted by Gasteiger charge is -2.10. The molecule has 2 aromatic heterocycles. The van der Waals surface area contributed by atoms with Crippen LogP contribution in [0.5, 0.6) is 0 Å². The summed E-state index contributed by atoms with van der Waals surface area (Å²) >= 11 is 0. The van der Waals surface area contributed by atoms with Crippen molar-refractivity contribution in [3.05, 3.63) is 83.2 Å². The summed E-state index contributed by atoms with van der Waals surface area (Å²) in [6.45, 7) is 1.87. The van der Waals surface area contributed by atoms with Crippen LogP contribution >= 0.6 is 0 Å². The maximum Gasteiger partial charge on any atom is 0.416 e. The van der Waals surface area contributed by atoms with Crippen molar-refractivity contribution in [2.45, 2.75) is 19.5 Å². The van der Waals surface area contributed by atoms with Gasteiger partial charge in [-0.3, -0.25) is 4.79 Å². The van der Waals surface area contributed by atoms with Crippen molar-refractivity contribution in [2.75, 3.05) is 5.32 Å². The topological polar surface area (TPSA) is 59.3 Å². The van der Waals surface area contributed by atoms with Crippen molar-refractivity contribution in [3.8, 4) is 11.3 Å². The van der Waals surface area contributed by atoms with E-state index >= 15 is 0 Å². The van der Waals surface area contributed by atoms with Gasteiger partial charge >= 0.3 is 6.18 Å². The highest BCUT2D eigenvalue weighted by Gasteiger charge is 2.30. The fourth-order valence-corrected chi connectivity index (χ4v) is 3.15. The first-order valence-electron chi connectivity index (χ1n) is 9.36. The second-order valence-electron chi connectivity index (χ2n) is 7.06. The Balaban J connectivity index is 1.76. The lowest BCUT2D eigenvalue weighted by molar-refractivity contribution is -0.137. The molecule has 0 aliphatic heterocycles. The SMILES string of the molecule is Cc1ccc(-c2cc(C(F)F)n3ncc(C(=O)Nc4cccc(C(F)(F)F)c4)c3n2)cc1. The first-order valence-corrected chi connectivity index (χ1v) is 9.36. The maximum atomic E-state index is 13.7. The third-order valence-corrected chi connectivity index (χ3v) is 4.76. The number of aromatic nitrogens is 3. The molecule has 0 aliphatic carbocycles. The fourth-order valence-electron chi connectivity index (χ4n) is 3.15. The molecule has 10 heteroatoms. The van der Waals surface area contributed by atoms with Gasteiger partial charge in [0.1, 0.15) is 11.3 Å². The van der Waals surface area contributed by atoms with Crippen LogP contribution in [-0.2, 0) is 6.18 Å². The number of alkyl halides is 5. The van der Waals surface area contributed by atoms with Gasteiger partial charge in [0.05, 0.1) is 17.5 Å². The third-order valence-electron chi connectivity index (χ3n) is 4.76. The number of rotatable bonds is 4. The smallest absolute Gasteiger partial charge is 0.322 e. The summed E-state index contributed by atoms with van der Waals surface area (Å²) in [5, 5.41) is 6.19. The van der Waals surface area contributed by atoms with E-state index in [-0.39, 0.29) is 22.6 Å². The summed E-state index contributed by atoms with van der Waals surface area (Å²) in [6.07, 6.45) is -6.43. The van der Waals surface area contributed by atoms with Crippen molar-refractivity contribution in [3.63, 3.8) is 0 Å². The summed E-state index contributed by atoms with van der Waals surface area (Å²) in [5.41, 5.74) is -0.0611. The molecular formula is C22H15F5N4O. The summed E-state index contributed by atoms with van der Waals surface area (Å²) < 4.78 is 67.0. The van der Waals surface area contributed by atoms with Gasteiger partial charge in [-0.15, -0.1) is 0 Å². The van der Waals surface area contributed by atoms with Crippen LogP contribution in [0.15, 0.2) is 60.8 Å². The standard InChI is InChI=1S/C22H15F5N4O/c1-12-5-7-13(8-6-12)17-10-18(19(23)24)31-20(30-17)16(11-28-31)21(32)29-15-4-2-3-14(9-15)22(25,26)27/h2-11,19H,1H3,(H,29,32). The van der Waals surface area contributed by atoms with Gasteiger partial charge in [-0.1, -0.05) is 35.9 Å². The molecule has 0 aliphatic rings. The molecule has 4 rings (SSSR count).